The molecule has 2 aliphatic carbocycles. The van der Waals surface area contributed by atoms with Crippen LogP contribution in [0.4, 0.5) is 0 Å². The largest absolute Gasteiger partial charge is 0.465 e. The van der Waals surface area contributed by atoms with Crippen LogP contribution >= 0.6 is 0 Å². The lowest BCUT2D eigenvalue weighted by molar-refractivity contribution is -0.415. The molecule has 0 bridgehead atoms. The molecular formula is C12H8N2O9S2. The average Bonchev–Trinajstić information content (AvgIpc) is 2.54. The van der Waals surface area contributed by atoms with E-state index in [-0.39, 0.29) is 11.5 Å². The van der Waals surface area contributed by atoms with Crippen LogP contribution in [0.3, 0.4) is 0 Å². The smallest absolute Gasteiger partial charge is 0.288 e. The Morgan fingerprint density at radius 2 is 1.12 bits per heavy atom. The van der Waals surface area contributed by atoms with E-state index in [4.69, 9.17) is 4.74 Å². The van der Waals surface area contributed by atoms with Gasteiger partial charge in [-0.25, -0.2) is 0 Å². The van der Waals surface area contributed by atoms with Crippen LogP contribution in [0.15, 0.2) is 47.2 Å². The Kier molecular flexibility index (Phi) is 5.29. The Hall–Kier alpha value is -3.06. The molecule has 0 aromatic heterocycles. The van der Waals surface area contributed by atoms with Gasteiger partial charge in [0.05, 0.1) is 22.7 Å². The first kappa shape index (κ1) is 18.3. The van der Waals surface area contributed by atoms with Gasteiger partial charge in [0.1, 0.15) is 11.5 Å². The molecule has 2 rings (SSSR count). The van der Waals surface area contributed by atoms with Crippen LogP contribution in [0.5, 0.6) is 0 Å². The van der Waals surface area contributed by atoms with E-state index >= 15 is 0 Å². The van der Waals surface area contributed by atoms with Crippen LogP contribution in [0.2, 0.25) is 0 Å². The minimum absolute atomic E-state index is 0.0186. The van der Waals surface area contributed by atoms with Crippen LogP contribution in [0.25, 0.3) is 0 Å². The fraction of sp³-hybridized carbons (Fsp3) is 0.167. The van der Waals surface area contributed by atoms with Crippen molar-refractivity contribution < 1.29 is 31.4 Å². The number of hydrogen-bond acceptors (Lipinski definition) is 9. The second kappa shape index (κ2) is 7.23. The van der Waals surface area contributed by atoms with Gasteiger partial charge in [-0.1, -0.05) is 0 Å². The van der Waals surface area contributed by atoms with Crippen molar-refractivity contribution >= 4 is 30.3 Å². The summed E-state index contributed by atoms with van der Waals surface area (Å²) in [5.41, 5.74) is -1.19. The van der Waals surface area contributed by atoms with Crippen LogP contribution in [-0.2, 0) is 25.3 Å². The third kappa shape index (κ3) is 4.07. The summed E-state index contributed by atoms with van der Waals surface area (Å²) in [6.07, 6.45) is 3.44. The summed E-state index contributed by atoms with van der Waals surface area (Å²) in [6, 6.07) is 0. The molecule has 13 heteroatoms. The molecule has 2 aliphatic rings. The van der Waals surface area contributed by atoms with E-state index in [0.29, 0.717) is 0 Å². The zero-order valence-electron chi connectivity index (χ0n) is 12.1. The van der Waals surface area contributed by atoms with Crippen LogP contribution in [0.1, 0.15) is 12.8 Å². The summed E-state index contributed by atoms with van der Waals surface area (Å²) in [6.45, 7) is 0. The minimum Gasteiger partial charge on any atom is -0.465 e. The Balaban J connectivity index is 2.36. The summed E-state index contributed by atoms with van der Waals surface area (Å²) in [5.74, 6) is 0.0371. The topological polar surface area (TPSA) is 164 Å². The summed E-state index contributed by atoms with van der Waals surface area (Å²) in [5, 5.41) is 21.6. The van der Waals surface area contributed by atoms with E-state index in [1.54, 1.807) is 0 Å². The number of nitro groups is 2. The first-order chi connectivity index (χ1) is 11.7. The van der Waals surface area contributed by atoms with E-state index in [2.05, 4.69) is 0 Å². The predicted molar refractivity (Wildman–Crippen MR) is 84.5 cm³/mol. The standard InChI is InChI=1S/C12H8N2O9S2/c15-13(16)9-3-1-7(5-11(9)24(19)20)23-8-2-4-10(14(17)18)12(6-8)25(21)22/h1-4H,5-6H2. The Morgan fingerprint density at radius 1 is 0.760 bits per heavy atom. The van der Waals surface area contributed by atoms with Crippen LogP contribution in [0, 0.1) is 20.2 Å². The summed E-state index contributed by atoms with van der Waals surface area (Å²) in [4.78, 5) is 18.9. The van der Waals surface area contributed by atoms with Crippen LogP contribution in [-0.4, -0.2) is 36.4 Å². The van der Waals surface area contributed by atoms with E-state index in [9.17, 15) is 37.1 Å². The third-order valence-electron chi connectivity index (χ3n) is 3.15. The molecule has 132 valence electrons. The highest BCUT2D eigenvalue weighted by Crippen LogP contribution is 2.24. The van der Waals surface area contributed by atoms with Gasteiger partial charge in [-0.3, -0.25) is 20.2 Å². The molecule has 0 amide bonds. The fourth-order valence-electron chi connectivity index (χ4n) is 2.07. The molecule has 0 heterocycles. The van der Waals surface area contributed by atoms with Crippen molar-refractivity contribution in [3.05, 3.63) is 67.4 Å². The van der Waals surface area contributed by atoms with Crippen molar-refractivity contribution in [3.8, 4) is 0 Å². The van der Waals surface area contributed by atoms with Crippen molar-refractivity contribution in [1.82, 2.24) is 0 Å². The highest BCUT2D eigenvalue weighted by Gasteiger charge is 2.29. The van der Waals surface area contributed by atoms with Gasteiger partial charge in [0.15, 0.2) is 9.73 Å². The average molecular weight is 388 g/mol. The number of rotatable bonds is 4. The van der Waals surface area contributed by atoms with E-state index in [1.165, 1.54) is 12.2 Å². The Bertz CT molecular complexity index is 968. The molecular weight excluding hydrogens is 380 g/mol. The first-order valence-electron chi connectivity index (χ1n) is 6.40. The molecule has 0 saturated carbocycles. The molecule has 0 atom stereocenters. The van der Waals surface area contributed by atoms with Crippen LogP contribution < -0.4 is 0 Å². The molecule has 0 N–H and O–H groups in total. The quantitative estimate of drug-likeness (QED) is 0.366. The summed E-state index contributed by atoms with van der Waals surface area (Å²) >= 11 is 0. The second-order valence-corrected chi connectivity index (χ2v) is 6.58. The lowest BCUT2D eigenvalue weighted by Gasteiger charge is -2.16. The van der Waals surface area contributed by atoms with Crippen molar-refractivity contribution in [1.29, 1.82) is 0 Å². The van der Waals surface area contributed by atoms with E-state index < -0.39 is 64.4 Å². The maximum Gasteiger partial charge on any atom is 0.288 e. The highest BCUT2D eigenvalue weighted by atomic mass is 32.2. The molecule has 0 radical (unpaired) electrons. The number of allylic oxidation sites excluding steroid dienone is 8. The van der Waals surface area contributed by atoms with E-state index in [1.807, 2.05) is 0 Å². The predicted octanol–water partition coefficient (Wildman–Crippen LogP) is 0.00240. The summed E-state index contributed by atoms with van der Waals surface area (Å²) in [7, 11) is -5.69. The van der Waals surface area contributed by atoms with Gasteiger partial charge in [-0.15, -0.1) is 0 Å². The van der Waals surface area contributed by atoms with E-state index in [0.717, 1.165) is 12.2 Å². The number of hydrogen-bond donors (Lipinski definition) is 0. The molecule has 0 saturated heterocycles. The Morgan fingerprint density at radius 3 is 1.40 bits per heavy atom. The minimum atomic E-state index is -2.84. The van der Waals surface area contributed by atoms with Gasteiger partial charge in [-0.05, 0) is 12.2 Å². The molecule has 0 aromatic carbocycles. The number of ether oxygens (including phenoxy) is 1. The normalized spacial score (nSPS) is 17.0. The lowest BCUT2D eigenvalue weighted by Crippen LogP contribution is -2.19. The molecule has 0 unspecified atom stereocenters. The van der Waals surface area contributed by atoms with Gasteiger partial charge in [0.25, 0.3) is 11.4 Å². The van der Waals surface area contributed by atoms with Gasteiger partial charge in [0.2, 0.25) is 20.6 Å². The molecule has 0 aliphatic heterocycles. The zero-order chi connectivity index (χ0) is 18.7. The fourth-order valence-corrected chi connectivity index (χ4v) is 3.21. The second-order valence-electron chi connectivity index (χ2n) is 4.66. The van der Waals surface area contributed by atoms with Gasteiger partial charge in [-0.2, -0.15) is 16.8 Å². The molecule has 0 aromatic rings. The Labute approximate surface area is 142 Å². The molecule has 11 nitrogen and oxygen atoms in total. The monoisotopic (exact) mass is 388 g/mol. The number of nitrogens with zero attached hydrogens (tertiary/aromatic N) is 2. The van der Waals surface area contributed by atoms with Gasteiger partial charge in [0, 0.05) is 12.2 Å². The lowest BCUT2D eigenvalue weighted by atomic mass is 10.1. The first-order valence-corrected chi connectivity index (χ1v) is 8.55. The maximum atomic E-state index is 11.1. The van der Waals surface area contributed by atoms with Gasteiger partial charge >= 0.3 is 0 Å². The maximum absolute atomic E-state index is 11.1. The zero-order valence-corrected chi connectivity index (χ0v) is 13.7. The summed E-state index contributed by atoms with van der Waals surface area (Å²) < 4.78 is 49.8. The molecule has 0 spiro atoms. The van der Waals surface area contributed by atoms with Gasteiger partial charge < -0.3 is 4.74 Å². The molecule has 0 fully saturated rings. The van der Waals surface area contributed by atoms with Crippen molar-refractivity contribution in [2.45, 2.75) is 12.8 Å². The van der Waals surface area contributed by atoms with Crippen molar-refractivity contribution in [2.24, 2.45) is 0 Å². The SMILES string of the molecule is O=[N+]([O-])C1=CC=C(OC2=CC=C([N+](=O)[O-])C(=S(=O)=O)C2)CC1=S(=O)=O. The highest BCUT2D eigenvalue weighted by molar-refractivity contribution is 7.73. The van der Waals surface area contributed by atoms with Crippen molar-refractivity contribution in [2.75, 3.05) is 0 Å². The van der Waals surface area contributed by atoms with Crippen molar-refractivity contribution in [3.63, 3.8) is 0 Å². The third-order valence-corrected chi connectivity index (χ3v) is 4.66. The molecule has 25 heavy (non-hydrogen) atoms.